The number of hydrogen-bond donors (Lipinski definition) is 2. The first-order valence-corrected chi connectivity index (χ1v) is 11.1. The first kappa shape index (κ1) is 21.6. The molecule has 1 aromatic carbocycles. The summed E-state index contributed by atoms with van der Waals surface area (Å²) in [5.41, 5.74) is 4.26. The van der Waals surface area contributed by atoms with Gasteiger partial charge in [0.05, 0.1) is 19.4 Å². The van der Waals surface area contributed by atoms with E-state index in [9.17, 15) is 4.79 Å². The Morgan fingerprint density at radius 1 is 1.12 bits per heavy atom. The molecule has 2 N–H and O–H groups in total. The lowest BCUT2D eigenvalue weighted by molar-refractivity contribution is 0.0997. The summed E-state index contributed by atoms with van der Waals surface area (Å²) in [4.78, 5) is 18.4. The molecule has 0 aliphatic rings. The number of pyridine rings is 1. The second kappa shape index (κ2) is 9.28. The van der Waals surface area contributed by atoms with E-state index in [1.54, 1.807) is 36.8 Å². The molecule has 1 unspecified atom stereocenters. The highest BCUT2D eigenvalue weighted by atomic mass is 32.1. The van der Waals surface area contributed by atoms with Crippen LogP contribution in [-0.2, 0) is 0 Å². The molecule has 6 nitrogen and oxygen atoms in total. The third kappa shape index (κ3) is 4.53. The lowest BCUT2D eigenvalue weighted by Crippen LogP contribution is -2.17. The van der Waals surface area contributed by atoms with Gasteiger partial charge in [-0.25, -0.2) is 4.98 Å². The van der Waals surface area contributed by atoms with Crippen LogP contribution in [0.2, 0.25) is 0 Å². The quantitative estimate of drug-likeness (QED) is 0.357. The largest absolute Gasteiger partial charge is 0.497 e. The molecule has 0 spiro atoms. The van der Waals surface area contributed by atoms with Gasteiger partial charge in [-0.2, -0.15) is 0 Å². The van der Waals surface area contributed by atoms with Crippen molar-refractivity contribution in [1.82, 2.24) is 4.98 Å². The van der Waals surface area contributed by atoms with E-state index in [1.807, 2.05) is 43.3 Å². The Morgan fingerprint density at radius 3 is 2.56 bits per heavy atom. The fourth-order valence-electron chi connectivity index (χ4n) is 3.54. The summed E-state index contributed by atoms with van der Waals surface area (Å²) in [6, 6.07) is 15.0. The van der Waals surface area contributed by atoms with E-state index >= 15 is 0 Å². The number of furan rings is 1. The van der Waals surface area contributed by atoms with Gasteiger partial charge in [-0.1, -0.05) is 12.1 Å². The van der Waals surface area contributed by atoms with E-state index in [4.69, 9.17) is 9.15 Å². The minimum Gasteiger partial charge on any atom is -0.497 e. The van der Waals surface area contributed by atoms with Crippen molar-refractivity contribution in [2.75, 3.05) is 17.7 Å². The van der Waals surface area contributed by atoms with Crippen molar-refractivity contribution in [3.8, 4) is 5.75 Å². The minimum absolute atomic E-state index is 0.230. The number of ether oxygens (including phenoxy) is 1. The fourth-order valence-corrected chi connectivity index (χ4v) is 4.63. The Morgan fingerprint density at radius 2 is 1.91 bits per heavy atom. The van der Waals surface area contributed by atoms with Gasteiger partial charge in [0.15, 0.2) is 5.76 Å². The van der Waals surface area contributed by atoms with Crippen molar-refractivity contribution in [2.45, 2.75) is 26.8 Å². The molecule has 4 aromatic rings. The molecule has 0 aliphatic carbocycles. The van der Waals surface area contributed by atoms with Crippen molar-refractivity contribution < 1.29 is 13.9 Å². The van der Waals surface area contributed by atoms with E-state index in [0.717, 1.165) is 43.7 Å². The molecule has 1 amide bonds. The summed E-state index contributed by atoms with van der Waals surface area (Å²) in [6.07, 6.45) is 3.28. The zero-order chi connectivity index (χ0) is 22.7. The van der Waals surface area contributed by atoms with Crippen LogP contribution in [-0.4, -0.2) is 18.0 Å². The van der Waals surface area contributed by atoms with Gasteiger partial charge < -0.3 is 19.8 Å². The van der Waals surface area contributed by atoms with Gasteiger partial charge in [-0.3, -0.25) is 4.79 Å². The van der Waals surface area contributed by atoms with Crippen LogP contribution in [0.25, 0.3) is 0 Å². The number of benzene rings is 1. The second-order valence-electron chi connectivity index (χ2n) is 7.53. The molecule has 0 saturated carbocycles. The molecular weight excluding hydrogens is 422 g/mol. The van der Waals surface area contributed by atoms with Crippen molar-refractivity contribution >= 4 is 28.1 Å². The smallest absolute Gasteiger partial charge is 0.291 e. The van der Waals surface area contributed by atoms with Crippen LogP contribution in [0.1, 0.15) is 43.7 Å². The Hall–Kier alpha value is -3.58. The third-order valence-electron chi connectivity index (χ3n) is 5.35. The molecule has 3 heterocycles. The monoisotopic (exact) mass is 447 g/mol. The summed E-state index contributed by atoms with van der Waals surface area (Å²) < 4.78 is 10.6. The number of nitrogens with zero attached hydrogens (tertiary/aromatic N) is 1. The van der Waals surface area contributed by atoms with Gasteiger partial charge in [0, 0.05) is 16.6 Å². The highest BCUT2D eigenvalue weighted by molar-refractivity contribution is 7.16. The number of nitrogens with one attached hydrogen (secondary N) is 2. The number of methoxy groups -OCH3 is 1. The second-order valence-corrected chi connectivity index (χ2v) is 8.75. The SMILES string of the molecule is COc1ccc(C(Nc2cc(C)ccn2)c2c(NC(=O)c3ccco3)sc(C)c2C)cc1. The zero-order valence-electron chi connectivity index (χ0n) is 18.4. The number of carbonyl (C=O) groups excluding carboxylic acids is 1. The lowest BCUT2D eigenvalue weighted by Gasteiger charge is -2.22. The number of aryl methyl sites for hydroxylation is 2. The first-order valence-electron chi connectivity index (χ1n) is 10.2. The van der Waals surface area contributed by atoms with Gasteiger partial charge in [0.1, 0.15) is 16.6 Å². The molecule has 4 rings (SSSR count). The molecule has 3 aromatic heterocycles. The molecule has 164 valence electrons. The van der Waals surface area contributed by atoms with E-state index in [1.165, 1.54) is 6.26 Å². The maximum absolute atomic E-state index is 12.7. The molecule has 0 saturated heterocycles. The molecule has 0 fully saturated rings. The maximum Gasteiger partial charge on any atom is 0.291 e. The number of carbonyl (C=O) groups is 1. The normalized spacial score (nSPS) is 11.8. The lowest BCUT2D eigenvalue weighted by atomic mass is 9.96. The summed E-state index contributed by atoms with van der Waals surface area (Å²) in [5, 5.41) is 7.40. The first-order chi connectivity index (χ1) is 15.5. The Bertz CT molecular complexity index is 1210. The average Bonchev–Trinajstić information content (AvgIpc) is 3.42. The molecule has 7 heteroatoms. The van der Waals surface area contributed by atoms with Crippen LogP contribution in [0, 0.1) is 20.8 Å². The summed E-state index contributed by atoms with van der Waals surface area (Å²) in [6.45, 7) is 6.16. The van der Waals surface area contributed by atoms with E-state index < -0.39 is 0 Å². The summed E-state index contributed by atoms with van der Waals surface area (Å²) in [5.74, 6) is 1.54. The third-order valence-corrected chi connectivity index (χ3v) is 6.49. The molecule has 0 aliphatic heterocycles. The Labute approximate surface area is 191 Å². The standard InChI is InChI=1S/C25H25N3O3S/c1-15-11-12-26-21(14-15)27-23(18-7-9-19(30-4)10-8-18)22-16(2)17(3)32-25(22)28-24(29)20-6-5-13-31-20/h5-14,23H,1-4H3,(H,26,27)(H,28,29). The van der Waals surface area contributed by atoms with Crippen LogP contribution < -0.4 is 15.4 Å². The summed E-state index contributed by atoms with van der Waals surface area (Å²) >= 11 is 1.55. The van der Waals surface area contributed by atoms with E-state index in [0.29, 0.717) is 0 Å². The minimum atomic E-state index is -0.278. The predicted molar refractivity (Wildman–Crippen MR) is 128 cm³/mol. The number of amides is 1. The van der Waals surface area contributed by atoms with Crippen molar-refractivity contribution in [3.63, 3.8) is 0 Å². The van der Waals surface area contributed by atoms with Crippen LogP contribution in [0.3, 0.4) is 0 Å². The number of rotatable bonds is 7. The van der Waals surface area contributed by atoms with Gasteiger partial charge in [-0.05, 0) is 73.9 Å². The predicted octanol–water partition coefficient (Wildman–Crippen LogP) is 6.12. The highest BCUT2D eigenvalue weighted by Crippen LogP contribution is 2.41. The maximum atomic E-state index is 12.7. The van der Waals surface area contributed by atoms with Crippen LogP contribution in [0.4, 0.5) is 10.8 Å². The molecule has 0 radical (unpaired) electrons. The van der Waals surface area contributed by atoms with Crippen molar-refractivity contribution in [2.24, 2.45) is 0 Å². The number of anilines is 2. The van der Waals surface area contributed by atoms with Gasteiger partial charge in [0.25, 0.3) is 5.91 Å². The van der Waals surface area contributed by atoms with E-state index in [-0.39, 0.29) is 17.7 Å². The fraction of sp³-hybridized carbons (Fsp3) is 0.200. The number of hydrogen-bond acceptors (Lipinski definition) is 6. The molecular formula is C25H25N3O3S. The van der Waals surface area contributed by atoms with Crippen molar-refractivity contribution in [3.05, 3.63) is 93.9 Å². The van der Waals surface area contributed by atoms with Crippen LogP contribution in [0.5, 0.6) is 5.75 Å². The molecule has 32 heavy (non-hydrogen) atoms. The van der Waals surface area contributed by atoms with Gasteiger partial charge in [0.2, 0.25) is 0 Å². The summed E-state index contributed by atoms with van der Waals surface area (Å²) in [7, 11) is 1.65. The van der Waals surface area contributed by atoms with Gasteiger partial charge >= 0.3 is 0 Å². The Kier molecular flexibility index (Phi) is 6.28. The van der Waals surface area contributed by atoms with Crippen LogP contribution >= 0.6 is 11.3 Å². The highest BCUT2D eigenvalue weighted by Gasteiger charge is 2.25. The van der Waals surface area contributed by atoms with Gasteiger partial charge in [-0.15, -0.1) is 11.3 Å². The van der Waals surface area contributed by atoms with Crippen molar-refractivity contribution in [1.29, 1.82) is 0 Å². The van der Waals surface area contributed by atoms with E-state index in [2.05, 4.69) is 29.5 Å². The van der Waals surface area contributed by atoms with Crippen LogP contribution in [0.15, 0.2) is 65.4 Å². The Balaban J connectivity index is 1.78. The topological polar surface area (TPSA) is 76.4 Å². The number of thiophene rings is 1. The average molecular weight is 448 g/mol. The zero-order valence-corrected chi connectivity index (χ0v) is 19.2. The molecule has 0 bridgehead atoms. The molecule has 1 atom stereocenters. The number of aromatic nitrogens is 1.